The molecule has 5 nitrogen and oxygen atoms in total. The van der Waals surface area contributed by atoms with E-state index >= 15 is 0 Å². The van der Waals surface area contributed by atoms with Crippen molar-refractivity contribution in [2.45, 2.75) is 24.1 Å². The number of hydrogen-bond donors (Lipinski definition) is 1. The second-order valence-corrected chi connectivity index (χ2v) is 8.62. The lowest BCUT2D eigenvalue weighted by Crippen LogP contribution is -2.22. The number of halogens is 1. The molecule has 1 aromatic carbocycles. The highest BCUT2D eigenvalue weighted by Gasteiger charge is 2.16. The summed E-state index contributed by atoms with van der Waals surface area (Å²) in [5, 5.41) is 0. The van der Waals surface area contributed by atoms with Crippen molar-refractivity contribution in [3.8, 4) is 11.6 Å². The molecule has 0 radical (unpaired) electrons. The van der Waals surface area contributed by atoms with Crippen molar-refractivity contribution < 1.29 is 17.5 Å². The Morgan fingerprint density at radius 3 is 2.62 bits per heavy atom. The standard InChI is InChI=1S/C18H17FN2O3S2/c1-2-16-7-8-18(25-16)26(22,23)21-12-13-9-10-20-17(11-13)24-15-5-3-14(19)4-6-15/h3-11,21H,2,12H2,1H3. The fourth-order valence-electron chi connectivity index (χ4n) is 2.18. The predicted octanol–water partition coefficient (Wildman–Crippen LogP) is 4.12. The first-order valence-electron chi connectivity index (χ1n) is 7.93. The van der Waals surface area contributed by atoms with E-state index in [2.05, 4.69) is 9.71 Å². The Balaban J connectivity index is 1.67. The molecule has 0 atom stereocenters. The summed E-state index contributed by atoms with van der Waals surface area (Å²) in [5.41, 5.74) is 0.702. The molecule has 136 valence electrons. The molecule has 0 saturated heterocycles. The second-order valence-electron chi connectivity index (χ2n) is 5.46. The smallest absolute Gasteiger partial charge is 0.250 e. The van der Waals surface area contributed by atoms with Crippen LogP contribution in [0.1, 0.15) is 17.4 Å². The highest BCUT2D eigenvalue weighted by atomic mass is 32.2. The minimum Gasteiger partial charge on any atom is -0.439 e. The van der Waals surface area contributed by atoms with Gasteiger partial charge in [0.1, 0.15) is 15.8 Å². The van der Waals surface area contributed by atoms with Gasteiger partial charge in [-0.3, -0.25) is 0 Å². The molecule has 0 saturated carbocycles. The lowest BCUT2D eigenvalue weighted by molar-refractivity contribution is 0.460. The minimum absolute atomic E-state index is 0.115. The second kappa shape index (κ2) is 7.94. The lowest BCUT2D eigenvalue weighted by Gasteiger charge is -2.08. The van der Waals surface area contributed by atoms with E-state index in [0.717, 1.165) is 11.3 Å². The van der Waals surface area contributed by atoms with Crippen LogP contribution >= 0.6 is 11.3 Å². The van der Waals surface area contributed by atoms with Gasteiger partial charge in [-0.25, -0.2) is 22.5 Å². The van der Waals surface area contributed by atoms with Gasteiger partial charge in [0.15, 0.2) is 0 Å². The predicted molar refractivity (Wildman–Crippen MR) is 98.4 cm³/mol. The summed E-state index contributed by atoms with van der Waals surface area (Å²) in [4.78, 5) is 5.10. The number of aryl methyl sites for hydroxylation is 1. The number of pyridine rings is 1. The molecule has 3 aromatic rings. The molecule has 0 bridgehead atoms. The third-order valence-electron chi connectivity index (χ3n) is 3.55. The highest BCUT2D eigenvalue weighted by Crippen LogP contribution is 2.23. The van der Waals surface area contributed by atoms with Gasteiger partial charge >= 0.3 is 0 Å². The molecule has 2 aromatic heterocycles. The van der Waals surface area contributed by atoms with Crippen LogP contribution in [0.3, 0.4) is 0 Å². The van der Waals surface area contributed by atoms with Crippen LogP contribution in [0.2, 0.25) is 0 Å². The molecule has 1 N–H and O–H groups in total. The normalized spacial score (nSPS) is 11.5. The zero-order chi connectivity index (χ0) is 18.6. The summed E-state index contributed by atoms with van der Waals surface area (Å²) < 4.78 is 46.1. The zero-order valence-electron chi connectivity index (χ0n) is 14.0. The summed E-state index contributed by atoms with van der Waals surface area (Å²) in [7, 11) is -3.56. The number of rotatable bonds is 7. The van der Waals surface area contributed by atoms with Crippen molar-refractivity contribution in [1.29, 1.82) is 0 Å². The summed E-state index contributed by atoms with van der Waals surface area (Å²) in [6.07, 6.45) is 2.33. The number of sulfonamides is 1. The molecule has 0 aliphatic heterocycles. The van der Waals surface area contributed by atoms with E-state index in [9.17, 15) is 12.8 Å². The molecular formula is C18H17FN2O3S2. The molecule has 0 spiro atoms. The summed E-state index contributed by atoms with van der Waals surface area (Å²) in [6.45, 7) is 2.10. The van der Waals surface area contributed by atoms with E-state index < -0.39 is 10.0 Å². The Hall–Kier alpha value is -2.29. The Morgan fingerprint density at radius 2 is 1.92 bits per heavy atom. The van der Waals surface area contributed by atoms with E-state index in [1.165, 1.54) is 41.8 Å². The first kappa shape index (κ1) is 18.5. The van der Waals surface area contributed by atoms with Gasteiger partial charge in [0, 0.05) is 23.7 Å². The maximum absolute atomic E-state index is 12.9. The summed E-state index contributed by atoms with van der Waals surface area (Å²) in [5.74, 6) is 0.397. The van der Waals surface area contributed by atoms with Crippen LogP contribution in [-0.2, 0) is 23.0 Å². The van der Waals surface area contributed by atoms with Gasteiger partial charge in [-0.05, 0) is 54.4 Å². The maximum atomic E-state index is 12.9. The number of ether oxygens (including phenoxy) is 1. The Kier molecular flexibility index (Phi) is 5.65. The molecular weight excluding hydrogens is 375 g/mol. The van der Waals surface area contributed by atoms with E-state index in [-0.39, 0.29) is 12.4 Å². The van der Waals surface area contributed by atoms with Crippen LogP contribution in [-0.4, -0.2) is 13.4 Å². The molecule has 3 rings (SSSR count). The van der Waals surface area contributed by atoms with Crippen LogP contribution < -0.4 is 9.46 Å². The van der Waals surface area contributed by atoms with Crippen LogP contribution in [0.15, 0.2) is 58.9 Å². The monoisotopic (exact) mass is 392 g/mol. The van der Waals surface area contributed by atoms with E-state index in [1.807, 2.05) is 13.0 Å². The van der Waals surface area contributed by atoms with Crippen LogP contribution in [0.25, 0.3) is 0 Å². The van der Waals surface area contributed by atoms with E-state index in [4.69, 9.17) is 4.74 Å². The van der Waals surface area contributed by atoms with Gasteiger partial charge in [-0.15, -0.1) is 11.3 Å². The molecule has 0 unspecified atom stereocenters. The lowest BCUT2D eigenvalue weighted by atomic mass is 10.3. The number of nitrogens with zero attached hydrogens (tertiary/aromatic N) is 1. The quantitative estimate of drug-likeness (QED) is 0.657. The number of aromatic nitrogens is 1. The van der Waals surface area contributed by atoms with Gasteiger partial charge in [-0.2, -0.15) is 0 Å². The fourth-order valence-corrected chi connectivity index (χ4v) is 4.54. The summed E-state index contributed by atoms with van der Waals surface area (Å²) >= 11 is 1.26. The topological polar surface area (TPSA) is 68.3 Å². The fraction of sp³-hybridized carbons (Fsp3) is 0.167. The van der Waals surface area contributed by atoms with Gasteiger partial charge in [0.2, 0.25) is 15.9 Å². The third-order valence-corrected chi connectivity index (χ3v) is 6.67. The molecule has 0 fully saturated rings. The molecule has 0 aliphatic rings. The van der Waals surface area contributed by atoms with Gasteiger partial charge in [0.05, 0.1) is 0 Å². The average molecular weight is 392 g/mol. The third kappa shape index (κ3) is 4.66. The molecule has 2 heterocycles. The highest BCUT2D eigenvalue weighted by molar-refractivity contribution is 7.91. The number of benzene rings is 1. The SMILES string of the molecule is CCc1ccc(S(=O)(=O)NCc2ccnc(Oc3ccc(F)cc3)c2)s1. The molecule has 8 heteroatoms. The average Bonchev–Trinajstić information content (AvgIpc) is 3.13. The largest absolute Gasteiger partial charge is 0.439 e. The minimum atomic E-state index is -3.56. The number of hydrogen-bond acceptors (Lipinski definition) is 5. The maximum Gasteiger partial charge on any atom is 0.250 e. The van der Waals surface area contributed by atoms with Crippen LogP contribution in [0, 0.1) is 5.82 Å². The Bertz CT molecular complexity index is 986. The molecule has 0 aliphatic carbocycles. The van der Waals surface area contributed by atoms with Crippen molar-refractivity contribution in [3.63, 3.8) is 0 Å². The first-order valence-corrected chi connectivity index (χ1v) is 10.2. The first-order chi connectivity index (χ1) is 12.5. The number of thiophene rings is 1. The van der Waals surface area contributed by atoms with Crippen LogP contribution in [0.4, 0.5) is 4.39 Å². The van der Waals surface area contributed by atoms with Crippen LogP contribution in [0.5, 0.6) is 11.6 Å². The van der Waals surface area contributed by atoms with E-state index in [0.29, 0.717) is 21.4 Å². The van der Waals surface area contributed by atoms with Crippen molar-refractivity contribution in [2.75, 3.05) is 0 Å². The van der Waals surface area contributed by atoms with E-state index in [1.54, 1.807) is 18.2 Å². The van der Waals surface area contributed by atoms with Crippen molar-refractivity contribution in [3.05, 3.63) is 71.0 Å². The zero-order valence-corrected chi connectivity index (χ0v) is 15.6. The Labute approximate surface area is 155 Å². The van der Waals surface area contributed by atoms with Crippen molar-refractivity contribution >= 4 is 21.4 Å². The number of nitrogens with one attached hydrogen (secondary N) is 1. The Morgan fingerprint density at radius 1 is 1.15 bits per heavy atom. The molecule has 0 amide bonds. The van der Waals surface area contributed by atoms with Gasteiger partial charge in [-0.1, -0.05) is 6.92 Å². The van der Waals surface area contributed by atoms with Crippen molar-refractivity contribution in [2.24, 2.45) is 0 Å². The molecule has 26 heavy (non-hydrogen) atoms. The van der Waals surface area contributed by atoms with Gasteiger partial charge in [0.25, 0.3) is 0 Å². The van der Waals surface area contributed by atoms with Gasteiger partial charge < -0.3 is 4.74 Å². The summed E-state index contributed by atoms with van der Waals surface area (Å²) in [6, 6.07) is 12.3. The van der Waals surface area contributed by atoms with Crippen molar-refractivity contribution in [1.82, 2.24) is 9.71 Å².